The van der Waals surface area contributed by atoms with Crippen molar-refractivity contribution in [3.05, 3.63) is 56.2 Å². The highest BCUT2D eigenvalue weighted by Crippen LogP contribution is 2.31. The molecule has 3 aromatic rings. The van der Waals surface area contributed by atoms with Crippen LogP contribution in [0.3, 0.4) is 0 Å². The molecule has 0 aliphatic rings. The Hall–Kier alpha value is -2.92. The first-order valence-corrected chi connectivity index (χ1v) is 10.6. The number of methoxy groups -OCH3 is 1. The van der Waals surface area contributed by atoms with Gasteiger partial charge in [0.05, 0.1) is 32.8 Å². The molecule has 1 heterocycles. The quantitative estimate of drug-likeness (QED) is 0.460. The SMILES string of the molecule is CCCn1c(=O)sc2cc(S(=O)(=O)Nc3cc([N+](=O)[O-])ccc3OC)ccc21. The Kier molecular flexibility index (Phi) is 5.38. The molecule has 0 aliphatic heterocycles. The maximum Gasteiger partial charge on any atom is 0.308 e. The minimum atomic E-state index is -4.05. The molecular weight excluding hydrogens is 406 g/mol. The number of nitrogens with one attached hydrogen (secondary N) is 1. The molecule has 0 aliphatic carbocycles. The van der Waals surface area contributed by atoms with Crippen LogP contribution < -0.4 is 14.3 Å². The fourth-order valence-electron chi connectivity index (χ4n) is 2.74. The standard InChI is InChI=1S/C17H17N3O6S2/c1-3-8-19-14-6-5-12(10-16(14)27-17(19)21)28(24,25)18-13-9-11(20(22)23)4-7-15(13)26-2/h4-7,9-10,18H,3,8H2,1-2H3. The Bertz CT molecular complexity index is 1210. The van der Waals surface area contributed by atoms with Crippen LogP contribution in [0.25, 0.3) is 10.2 Å². The maximum atomic E-state index is 12.8. The Balaban J connectivity index is 2.03. The van der Waals surface area contributed by atoms with Gasteiger partial charge in [0.15, 0.2) is 0 Å². The number of sulfonamides is 1. The molecule has 0 unspecified atom stereocenters. The van der Waals surface area contributed by atoms with Crippen molar-refractivity contribution in [3.63, 3.8) is 0 Å². The van der Waals surface area contributed by atoms with Crippen LogP contribution in [0.15, 0.2) is 46.1 Å². The van der Waals surface area contributed by atoms with Crippen molar-refractivity contribution in [1.29, 1.82) is 0 Å². The number of aryl methyl sites for hydroxylation is 1. The van der Waals surface area contributed by atoms with Gasteiger partial charge in [-0.2, -0.15) is 0 Å². The second kappa shape index (κ2) is 7.60. The number of nitro benzene ring substituents is 1. The summed E-state index contributed by atoms with van der Waals surface area (Å²) in [6, 6.07) is 8.02. The van der Waals surface area contributed by atoms with E-state index >= 15 is 0 Å². The van der Waals surface area contributed by atoms with Crippen molar-refractivity contribution in [2.24, 2.45) is 0 Å². The van der Waals surface area contributed by atoms with Gasteiger partial charge >= 0.3 is 4.87 Å². The van der Waals surface area contributed by atoms with E-state index in [4.69, 9.17) is 4.74 Å². The minimum absolute atomic E-state index is 0.0477. The first kappa shape index (κ1) is 19.8. The lowest BCUT2D eigenvalue weighted by Crippen LogP contribution is -2.14. The third-order valence-corrected chi connectivity index (χ3v) is 6.34. The van der Waals surface area contributed by atoms with E-state index in [1.54, 1.807) is 10.6 Å². The fraction of sp³-hybridized carbons (Fsp3) is 0.235. The highest BCUT2D eigenvalue weighted by molar-refractivity contribution is 7.92. The molecule has 0 bridgehead atoms. The molecule has 0 radical (unpaired) electrons. The van der Waals surface area contributed by atoms with E-state index < -0.39 is 14.9 Å². The Labute approximate surface area is 164 Å². The van der Waals surface area contributed by atoms with E-state index in [9.17, 15) is 23.3 Å². The van der Waals surface area contributed by atoms with Crippen LogP contribution in [0.2, 0.25) is 0 Å². The van der Waals surface area contributed by atoms with Gasteiger partial charge in [0.2, 0.25) is 0 Å². The fourth-order valence-corrected chi connectivity index (χ4v) is 4.86. The topological polar surface area (TPSA) is 121 Å². The van der Waals surface area contributed by atoms with E-state index in [1.807, 2.05) is 6.92 Å². The number of nitro groups is 1. The molecule has 11 heteroatoms. The van der Waals surface area contributed by atoms with Crippen molar-refractivity contribution < 1.29 is 18.1 Å². The monoisotopic (exact) mass is 423 g/mol. The van der Waals surface area contributed by atoms with E-state index in [2.05, 4.69) is 4.72 Å². The van der Waals surface area contributed by atoms with Crippen molar-refractivity contribution in [2.45, 2.75) is 24.8 Å². The molecule has 1 N–H and O–H groups in total. The molecule has 2 aromatic carbocycles. The molecule has 0 saturated heterocycles. The summed E-state index contributed by atoms with van der Waals surface area (Å²) < 4.78 is 35.2. The van der Waals surface area contributed by atoms with Crippen LogP contribution in [0.5, 0.6) is 5.75 Å². The van der Waals surface area contributed by atoms with Gasteiger partial charge in [0, 0.05) is 18.7 Å². The van der Waals surface area contributed by atoms with Gasteiger partial charge in [-0.15, -0.1) is 0 Å². The maximum absolute atomic E-state index is 12.8. The second-order valence-corrected chi connectivity index (χ2v) is 8.57. The van der Waals surface area contributed by atoms with Gasteiger partial charge in [-0.25, -0.2) is 8.42 Å². The average Bonchev–Trinajstić information content (AvgIpc) is 2.96. The molecule has 0 fully saturated rings. The van der Waals surface area contributed by atoms with Crippen LogP contribution in [-0.2, 0) is 16.6 Å². The molecule has 9 nitrogen and oxygen atoms in total. The zero-order valence-corrected chi connectivity index (χ0v) is 16.7. The Morgan fingerprint density at radius 1 is 1.25 bits per heavy atom. The number of ether oxygens (including phenoxy) is 1. The number of nitrogens with zero attached hydrogens (tertiary/aromatic N) is 2. The highest BCUT2D eigenvalue weighted by Gasteiger charge is 2.20. The molecule has 3 rings (SSSR count). The van der Waals surface area contributed by atoms with Crippen LogP contribution in [-0.4, -0.2) is 25.0 Å². The predicted octanol–water partition coefficient (Wildman–Crippen LogP) is 3.19. The number of hydrogen-bond acceptors (Lipinski definition) is 7. The van der Waals surface area contributed by atoms with Gasteiger partial charge in [-0.05, 0) is 30.7 Å². The number of non-ortho nitro benzene ring substituents is 1. The summed E-state index contributed by atoms with van der Waals surface area (Å²) in [7, 11) is -2.72. The van der Waals surface area contributed by atoms with Gasteiger partial charge in [-0.1, -0.05) is 18.3 Å². The van der Waals surface area contributed by atoms with Gasteiger partial charge in [0.25, 0.3) is 15.7 Å². The van der Waals surface area contributed by atoms with Gasteiger partial charge in [0.1, 0.15) is 5.75 Å². The lowest BCUT2D eigenvalue weighted by Gasteiger charge is -2.12. The first-order chi connectivity index (χ1) is 13.3. The zero-order chi connectivity index (χ0) is 20.5. The number of aromatic nitrogens is 1. The second-order valence-electron chi connectivity index (χ2n) is 5.90. The van der Waals surface area contributed by atoms with E-state index in [-0.39, 0.29) is 26.9 Å². The third-order valence-electron chi connectivity index (χ3n) is 4.04. The molecular formula is C17H17N3O6S2. The number of thiazole rings is 1. The largest absolute Gasteiger partial charge is 0.495 e. The predicted molar refractivity (Wildman–Crippen MR) is 107 cm³/mol. The molecule has 148 valence electrons. The molecule has 0 atom stereocenters. The summed E-state index contributed by atoms with van der Waals surface area (Å²) in [5.74, 6) is 0.147. The summed E-state index contributed by atoms with van der Waals surface area (Å²) in [6.07, 6.45) is 0.778. The number of anilines is 1. The number of benzene rings is 2. The van der Waals surface area contributed by atoms with Gasteiger partial charge in [-0.3, -0.25) is 24.2 Å². The van der Waals surface area contributed by atoms with Crippen molar-refractivity contribution in [1.82, 2.24) is 4.57 Å². The van der Waals surface area contributed by atoms with Gasteiger partial charge < -0.3 is 4.74 Å². The van der Waals surface area contributed by atoms with Crippen molar-refractivity contribution >= 4 is 43.0 Å². The smallest absolute Gasteiger partial charge is 0.308 e. The van der Waals surface area contributed by atoms with Crippen molar-refractivity contribution in [3.8, 4) is 5.75 Å². The zero-order valence-electron chi connectivity index (χ0n) is 15.0. The number of hydrogen-bond donors (Lipinski definition) is 1. The summed E-state index contributed by atoms with van der Waals surface area (Å²) in [4.78, 5) is 22.2. The summed E-state index contributed by atoms with van der Waals surface area (Å²) in [5, 5.41) is 11.0. The number of rotatable bonds is 7. The van der Waals surface area contributed by atoms with Crippen molar-refractivity contribution in [2.75, 3.05) is 11.8 Å². The first-order valence-electron chi connectivity index (χ1n) is 8.25. The molecule has 0 saturated carbocycles. The summed E-state index contributed by atoms with van der Waals surface area (Å²) >= 11 is 0.970. The summed E-state index contributed by atoms with van der Waals surface area (Å²) in [6.45, 7) is 2.50. The Morgan fingerprint density at radius 3 is 2.64 bits per heavy atom. The normalized spacial score (nSPS) is 11.5. The minimum Gasteiger partial charge on any atom is -0.495 e. The Morgan fingerprint density at radius 2 is 2.00 bits per heavy atom. The van der Waals surface area contributed by atoms with E-state index in [0.29, 0.717) is 16.8 Å². The molecule has 28 heavy (non-hydrogen) atoms. The van der Waals surface area contributed by atoms with Crippen LogP contribution >= 0.6 is 11.3 Å². The van der Waals surface area contributed by atoms with E-state index in [0.717, 1.165) is 23.8 Å². The van der Waals surface area contributed by atoms with Crippen LogP contribution in [0.4, 0.5) is 11.4 Å². The third kappa shape index (κ3) is 3.71. The molecule has 0 spiro atoms. The highest BCUT2D eigenvalue weighted by atomic mass is 32.2. The van der Waals surface area contributed by atoms with Crippen LogP contribution in [0, 0.1) is 10.1 Å². The lowest BCUT2D eigenvalue weighted by molar-refractivity contribution is -0.384. The lowest BCUT2D eigenvalue weighted by atomic mass is 10.2. The molecule has 0 amide bonds. The average molecular weight is 423 g/mol. The van der Waals surface area contributed by atoms with E-state index in [1.165, 1.54) is 31.4 Å². The molecule has 1 aromatic heterocycles. The summed E-state index contributed by atoms with van der Waals surface area (Å²) in [5.41, 5.74) is 0.348. The number of fused-ring (bicyclic) bond motifs is 1. The van der Waals surface area contributed by atoms with Crippen LogP contribution in [0.1, 0.15) is 13.3 Å².